The lowest BCUT2D eigenvalue weighted by Crippen LogP contribution is -2.81. The zero-order chi connectivity index (χ0) is 24.8. The number of ether oxygens (including phenoxy) is 1. The lowest BCUT2D eigenvalue weighted by atomic mass is 9.86. The Balaban J connectivity index is 1.22. The number of rotatable bonds is 9. The van der Waals surface area contributed by atoms with Crippen molar-refractivity contribution in [3.63, 3.8) is 0 Å². The highest BCUT2D eigenvalue weighted by Gasteiger charge is 2.29. The number of aromatic nitrogens is 2. The molecule has 190 valence electrons. The van der Waals surface area contributed by atoms with Crippen LogP contribution in [0.25, 0.3) is 5.57 Å². The first-order valence-electron chi connectivity index (χ1n) is 12.9. The van der Waals surface area contributed by atoms with E-state index in [9.17, 15) is 5.11 Å². The highest BCUT2D eigenvalue weighted by molar-refractivity contribution is 5.74. The second kappa shape index (κ2) is 11.7. The van der Waals surface area contributed by atoms with Gasteiger partial charge in [0.1, 0.15) is 12.4 Å². The molecule has 2 heterocycles. The van der Waals surface area contributed by atoms with Crippen molar-refractivity contribution in [2.45, 2.75) is 64.8 Å². The van der Waals surface area contributed by atoms with Crippen LogP contribution in [0.1, 0.15) is 70.2 Å². The number of aliphatic hydroxyl groups is 2. The van der Waals surface area contributed by atoms with E-state index in [0.717, 1.165) is 69.4 Å². The molecule has 1 aromatic carbocycles. The van der Waals surface area contributed by atoms with Crippen LogP contribution in [0.3, 0.4) is 0 Å². The summed E-state index contributed by atoms with van der Waals surface area (Å²) in [7, 11) is 0. The minimum atomic E-state index is -0.134. The van der Waals surface area contributed by atoms with Gasteiger partial charge in [-0.1, -0.05) is 32.1 Å². The number of allylic oxidation sites excluding steroid dienone is 2. The highest BCUT2D eigenvalue weighted by Crippen LogP contribution is 2.31. The summed E-state index contributed by atoms with van der Waals surface area (Å²) in [5, 5.41) is 23.6. The Morgan fingerprint density at radius 1 is 1.20 bits per heavy atom. The maximum absolute atomic E-state index is 10.3. The Hall–Kier alpha value is -2.87. The normalized spacial score (nSPS) is 20.7. The molecular formula is C27H40N4O4+2. The summed E-state index contributed by atoms with van der Waals surface area (Å²) in [6.07, 6.45) is 6.96. The van der Waals surface area contributed by atoms with Crippen LogP contribution in [0.4, 0.5) is 6.01 Å². The molecule has 4 rings (SSSR count). The van der Waals surface area contributed by atoms with Crippen LogP contribution in [0.15, 0.2) is 34.9 Å². The van der Waals surface area contributed by atoms with Crippen molar-refractivity contribution in [2.75, 3.05) is 31.2 Å². The Kier molecular flexibility index (Phi) is 8.44. The maximum atomic E-state index is 10.3. The Bertz CT molecular complexity index is 1010. The van der Waals surface area contributed by atoms with Crippen LogP contribution in [0.5, 0.6) is 5.75 Å². The van der Waals surface area contributed by atoms with Crippen molar-refractivity contribution in [3.05, 3.63) is 41.7 Å². The van der Waals surface area contributed by atoms with Gasteiger partial charge >= 0.3 is 11.9 Å². The predicted octanol–water partition coefficient (Wildman–Crippen LogP) is 2.51. The summed E-state index contributed by atoms with van der Waals surface area (Å²) in [5.74, 6) is 3.04. The van der Waals surface area contributed by atoms with E-state index < -0.39 is 0 Å². The summed E-state index contributed by atoms with van der Waals surface area (Å²) in [6.45, 7) is 8.66. The summed E-state index contributed by atoms with van der Waals surface area (Å²) < 4.78 is 11.6. The Labute approximate surface area is 207 Å². The third-order valence-electron chi connectivity index (χ3n) is 7.09. The summed E-state index contributed by atoms with van der Waals surface area (Å²) in [4.78, 5) is 8.50. The molecule has 1 fully saturated rings. The van der Waals surface area contributed by atoms with Gasteiger partial charge in [0, 0.05) is 5.92 Å². The van der Waals surface area contributed by atoms with Gasteiger partial charge in [-0.3, -0.25) is 4.90 Å². The summed E-state index contributed by atoms with van der Waals surface area (Å²) in [6, 6.07) is 9.00. The Morgan fingerprint density at radius 2 is 1.94 bits per heavy atom. The molecule has 1 aliphatic heterocycles. The summed E-state index contributed by atoms with van der Waals surface area (Å²) >= 11 is 0. The number of aromatic amines is 1. The molecule has 0 bridgehead atoms. The standard InChI is InChI=1S/C27H38N4O4/c1-18(2)25-29-27(35-30-25)31-14-12-20(13-15-31)17-34-24-10-8-22(9-11-24)21-4-6-23(7-5-21)26(33)28-19(3)16-32/h4,8-11,18-20,23,32H,5-7,12-17H2,1-3H3,(H,28,33)/p+2/t19-,23?/m0/s1. The van der Waals surface area contributed by atoms with Crippen LogP contribution in [-0.2, 0) is 0 Å². The number of nitrogens with zero attached hydrogens (tertiary/aromatic N) is 2. The molecule has 8 nitrogen and oxygen atoms in total. The molecule has 35 heavy (non-hydrogen) atoms. The molecule has 0 radical (unpaired) electrons. The average molecular weight is 485 g/mol. The van der Waals surface area contributed by atoms with Gasteiger partial charge in [-0.05, 0) is 68.2 Å². The molecule has 0 amide bonds. The van der Waals surface area contributed by atoms with E-state index in [1.54, 1.807) is 0 Å². The number of hydrogen-bond acceptors (Lipinski definition) is 5. The zero-order valence-electron chi connectivity index (χ0n) is 21.2. The number of aliphatic hydroxyl groups excluding tert-OH is 2. The molecule has 0 spiro atoms. The molecule has 2 aliphatic rings. The molecule has 4 N–H and O–H groups in total. The van der Waals surface area contributed by atoms with Gasteiger partial charge in [-0.2, -0.15) is 0 Å². The van der Waals surface area contributed by atoms with Gasteiger partial charge in [0.25, 0.3) is 5.82 Å². The number of nitrogens with one attached hydrogen (secondary N) is 2. The third kappa shape index (κ3) is 6.63. The van der Waals surface area contributed by atoms with Crippen molar-refractivity contribution in [3.8, 4) is 5.75 Å². The molecular weight excluding hydrogens is 444 g/mol. The molecule has 0 saturated carbocycles. The SMILES string of the molecule is CC(C)c1noc(N2CCC(COc3ccc(C4=CCC(C(O)=[NH+][C@@H](C)CO)CC4)cc3)CC2)[nH+]1. The molecule has 2 aromatic rings. The topological polar surface area (TPSA) is 107 Å². The van der Waals surface area contributed by atoms with Crippen LogP contribution in [0, 0.1) is 11.8 Å². The first-order chi connectivity index (χ1) is 16.9. The quantitative estimate of drug-likeness (QED) is 0.373. The fraction of sp³-hybridized carbons (Fsp3) is 0.593. The molecule has 1 unspecified atom stereocenters. The van der Waals surface area contributed by atoms with E-state index in [2.05, 4.69) is 64.2 Å². The zero-order valence-corrected chi connectivity index (χ0v) is 21.2. The molecule has 2 atom stereocenters. The van der Waals surface area contributed by atoms with Crippen LogP contribution in [0.2, 0.25) is 0 Å². The lowest BCUT2D eigenvalue weighted by molar-refractivity contribution is -0.513. The monoisotopic (exact) mass is 484 g/mol. The van der Waals surface area contributed by atoms with Gasteiger partial charge in [-0.15, -0.1) is 0 Å². The van der Waals surface area contributed by atoms with E-state index in [-0.39, 0.29) is 24.5 Å². The number of piperidine rings is 1. The fourth-order valence-corrected chi connectivity index (χ4v) is 4.68. The van der Waals surface area contributed by atoms with Crippen molar-refractivity contribution in [1.29, 1.82) is 0 Å². The number of hydrogen-bond donors (Lipinski definition) is 3. The first-order valence-corrected chi connectivity index (χ1v) is 12.9. The second-order valence-electron chi connectivity index (χ2n) is 10.2. The van der Waals surface area contributed by atoms with Gasteiger partial charge in [-0.25, -0.2) is 14.5 Å². The number of benzene rings is 1. The van der Waals surface area contributed by atoms with Gasteiger partial charge in [0.2, 0.25) is 0 Å². The van der Waals surface area contributed by atoms with Gasteiger partial charge < -0.3 is 14.9 Å². The smallest absolute Gasteiger partial charge is 0.435 e. The second-order valence-corrected chi connectivity index (χ2v) is 10.2. The summed E-state index contributed by atoms with van der Waals surface area (Å²) in [5.41, 5.74) is 2.53. The minimum Gasteiger partial charge on any atom is -0.493 e. The molecule has 1 aromatic heterocycles. The maximum Gasteiger partial charge on any atom is 0.435 e. The van der Waals surface area contributed by atoms with Crippen molar-refractivity contribution in [2.24, 2.45) is 11.8 Å². The van der Waals surface area contributed by atoms with E-state index in [4.69, 9.17) is 14.4 Å². The van der Waals surface area contributed by atoms with Crippen LogP contribution in [-0.4, -0.2) is 53.6 Å². The lowest BCUT2D eigenvalue weighted by Gasteiger charge is -2.27. The van der Waals surface area contributed by atoms with Crippen molar-refractivity contribution < 1.29 is 29.4 Å². The predicted molar refractivity (Wildman–Crippen MR) is 134 cm³/mol. The minimum absolute atomic E-state index is 0.00604. The highest BCUT2D eigenvalue weighted by atomic mass is 16.5. The third-order valence-corrected chi connectivity index (χ3v) is 7.09. The van der Waals surface area contributed by atoms with Gasteiger partial charge in [0.05, 0.1) is 30.8 Å². The number of H-pyrrole nitrogens is 1. The van der Waals surface area contributed by atoms with Gasteiger partial charge in [0.15, 0.2) is 6.04 Å². The van der Waals surface area contributed by atoms with Crippen LogP contribution < -0.4 is 19.6 Å². The average Bonchev–Trinajstić information content (AvgIpc) is 3.39. The van der Waals surface area contributed by atoms with Crippen LogP contribution >= 0.6 is 0 Å². The molecule has 1 saturated heterocycles. The fourth-order valence-electron chi connectivity index (χ4n) is 4.68. The first kappa shape index (κ1) is 25.2. The molecule has 1 aliphatic carbocycles. The molecule has 8 heteroatoms. The largest absolute Gasteiger partial charge is 0.493 e. The van der Waals surface area contributed by atoms with E-state index in [0.29, 0.717) is 11.8 Å². The Morgan fingerprint density at radius 3 is 2.54 bits per heavy atom. The van der Waals surface area contributed by atoms with Crippen molar-refractivity contribution in [1.82, 2.24) is 5.16 Å². The number of anilines is 1. The van der Waals surface area contributed by atoms with E-state index >= 15 is 0 Å². The van der Waals surface area contributed by atoms with Crippen molar-refractivity contribution >= 4 is 17.5 Å². The van der Waals surface area contributed by atoms with E-state index in [1.807, 2.05) is 6.92 Å². The van der Waals surface area contributed by atoms with E-state index in [1.165, 1.54) is 11.1 Å².